The third kappa shape index (κ3) is 3.72. The molecule has 2 aliphatic rings. The number of hydrogen-bond acceptors (Lipinski definition) is 4. The van der Waals surface area contributed by atoms with Crippen LogP contribution in [0.1, 0.15) is 49.3 Å². The Morgan fingerprint density at radius 2 is 2.14 bits per heavy atom. The van der Waals surface area contributed by atoms with Gasteiger partial charge in [-0.15, -0.1) is 0 Å². The van der Waals surface area contributed by atoms with Gasteiger partial charge in [0.1, 0.15) is 5.02 Å². The molecule has 0 saturated heterocycles. The summed E-state index contributed by atoms with van der Waals surface area (Å²) in [5.41, 5.74) is 3.69. The number of nitrogens with one attached hydrogen (secondary N) is 2. The molecule has 29 heavy (non-hydrogen) atoms. The topological polar surface area (TPSA) is 84.3 Å². The molecular formula is C22H22ClN3O3. The number of fused-ring (bicyclic) bond motifs is 3. The van der Waals surface area contributed by atoms with E-state index < -0.39 is 4.92 Å². The molecule has 150 valence electrons. The monoisotopic (exact) mass is 411 g/mol. The highest BCUT2D eigenvalue weighted by Gasteiger charge is 2.38. The van der Waals surface area contributed by atoms with Crippen molar-refractivity contribution in [3.05, 3.63) is 74.8 Å². The van der Waals surface area contributed by atoms with E-state index in [1.165, 1.54) is 0 Å². The summed E-state index contributed by atoms with van der Waals surface area (Å²) in [7, 11) is 0. The number of allylic oxidation sites excluding steroid dienone is 2. The average molecular weight is 412 g/mol. The molecule has 0 fully saturated rings. The van der Waals surface area contributed by atoms with Crippen molar-refractivity contribution < 1.29 is 9.72 Å². The fourth-order valence-electron chi connectivity index (χ4n) is 4.32. The number of nitro benzene ring substituents is 1. The van der Waals surface area contributed by atoms with E-state index >= 15 is 0 Å². The van der Waals surface area contributed by atoms with Crippen molar-refractivity contribution in [3.8, 4) is 0 Å². The lowest BCUT2D eigenvalue weighted by molar-refractivity contribution is -0.384. The molecule has 2 aromatic carbocycles. The van der Waals surface area contributed by atoms with Crippen molar-refractivity contribution in [3.63, 3.8) is 0 Å². The zero-order chi connectivity index (χ0) is 20.5. The average Bonchev–Trinajstić information content (AvgIpc) is 3.18. The van der Waals surface area contributed by atoms with Crippen molar-refractivity contribution in [2.45, 2.75) is 38.1 Å². The Labute approximate surface area is 174 Å². The molecule has 0 radical (unpaired) electrons. The quantitative estimate of drug-likeness (QED) is 0.369. The molecular weight excluding hydrogens is 390 g/mol. The molecule has 1 amide bonds. The van der Waals surface area contributed by atoms with Crippen molar-refractivity contribution in [1.29, 1.82) is 0 Å². The summed E-state index contributed by atoms with van der Waals surface area (Å²) in [6.45, 7) is 1.98. The third-order valence-electron chi connectivity index (χ3n) is 5.65. The van der Waals surface area contributed by atoms with Gasteiger partial charge in [0.2, 0.25) is 5.91 Å². The first-order chi connectivity index (χ1) is 14.0. The second-order valence-electron chi connectivity index (χ2n) is 7.54. The Kier molecular flexibility index (Phi) is 5.28. The summed E-state index contributed by atoms with van der Waals surface area (Å²) in [6, 6.07) is 10.8. The molecule has 3 atom stereocenters. The standard InChI is InChI=1S/C22H22ClN3O3/c1-2-4-21(27)24-14-8-10-19-17(12-14)15-5-3-6-16(15)22(25-19)13-7-9-18(23)20(11-13)26(28)29/h3,5,7-12,15-16,22,25H,2,4,6H2,1H3,(H,24,27). The minimum atomic E-state index is -0.446. The number of carbonyl (C=O) groups excluding carboxylic acids is 1. The number of anilines is 2. The first kappa shape index (κ1) is 19.5. The number of hydrogen-bond donors (Lipinski definition) is 2. The van der Waals surface area contributed by atoms with Crippen molar-refractivity contribution >= 4 is 34.6 Å². The Morgan fingerprint density at radius 3 is 2.90 bits per heavy atom. The molecule has 0 aromatic heterocycles. The van der Waals surface area contributed by atoms with Gasteiger partial charge in [-0.25, -0.2) is 0 Å². The number of halogens is 1. The number of benzene rings is 2. The summed E-state index contributed by atoms with van der Waals surface area (Å²) in [5, 5.41) is 18.0. The van der Waals surface area contributed by atoms with Gasteiger partial charge in [0, 0.05) is 29.8 Å². The van der Waals surface area contributed by atoms with E-state index in [1.807, 2.05) is 31.2 Å². The van der Waals surface area contributed by atoms with Crippen LogP contribution in [-0.4, -0.2) is 10.8 Å². The van der Waals surface area contributed by atoms with Crippen LogP contribution < -0.4 is 10.6 Å². The maximum absolute atomic E-state index is 12.0. The number of carbonyl (C=O) groups is 1. The van der Waals surface area contributed by atoms with Crippen LogP contribution in [0.2, 0.25) is 5.02 Å². The fourth-order valence-corrected chi connectivity index (χ4v) is 4.50. The highest BCUT2D eigenvalue weighted by molar-refractivity contribution is 6.32. The third-order valence-corrected chi connectivity index (χ3v) is 5.97. The molecule has 1 heterocycles. The summed E-state index contributed by atoms with van der Waals surface area (Å²) in [5.74, 6) is 0.444. The Hall–Kier alpha value is -2.86. The normalized spacial score (nSPS) is 21.8. The Bertz CT molecular complexity index is 1000. The predicted molar refractivity (Wildman–Crippen MR) is 114 cm³/mol. The van der Waals surface area contributed by atoms with E-state index in [4.69, 9.17) is 11.6 Å². The van der Waals surface area contributed by atoms with Crippen LogP contribution in [0.3, 0.4) is 0 Å². The van der Waals surface area contributed by atoms with Crippen LogP contribution in [-0.2, 0) is 4.79 Å². The van der Waals surface area contributed by atoms with Gasteiger partial charge in [0.15, 0.2) is 0 Å². The van der Waals surface area contributed by atoms with Crippen molar-refractivity contribution in [2.75, 3.05) is 10.6 Å². The molecule has 4 rings (SSSR count). The molecule has 3 unspecified atom stereocenters. The SMILES string of the molecule is CCCC(=O)Nc1ccc2c(c1)C1C=CCC1C(c1ccc(Cl)c([N+](=O)[O-])c1)N2. The number of nitrogens with zero attached hydrogens (tertiary/aromatic N) is 1. The molecule has 6 nitrogen and oxygen atoms in total. The first-order valence-electron chi connectivity index (χ1n) is 9.78. The van der Waals surface area contributed by atoms with Gasteiger partial charge in [-0.1, -0.05) is 36.7 Å². The lowest BCUT2D eigenvalue weighted by atomic mass is 9.77. The van der Waals surface area contributed by atoms with Crippen LogP contribution in [0.15, 0.2) is 48.6 Å². The lowest BCUT2D eigenvalue weighted by Gasteiger charge is -2.37. The highest BCUT2D eigenvalue weighted by atomic mass is 35.5. The van der Waals surface area contributed by atoms with Crippen LogP contribution in [0.4, 0.5) is 17.1 Å². The molecule has 7 heteroatoms. The smallest absolute Gasteiger partial charge is 0.288 e. The Balaban J connectivity index is 1.67. The fraction of sp³-hybridized carbons (Fsp3) is 0.318. The Morgan fingerprint density at radius 1 is 1.31 bits per heavy atom. The molecule has 1 aliphatic heterocycles. The molecule has 0 saturated carbocycles. The van der Waals surface area contributed by atoms with Gasteiger partial charge in [-0.2, -0.15) is 0 Å². The van der Waals surface area contributed by atoms with E-state index in [0.717, 1.165) is 35.3 Å². The van der Waals surface area contributed by atoms with E-state index in [0.29, 0.717) is 6.42 Å². The van der Waals surface area contributed by atoms with Crippen molar-refractivity contribution in [1.82, 2.24) is 0 Å². The summed E-state index contributed by atoms with van der Waals surface area (Å²) in [4.78, 5) is 22.8. The number of rotatable bonds is 5. The maximum Gasteiger partial charge on any atom is 0.288 e. The minimum Gasteiger partial charge on any atom is -0.378 e. The van der Waals surface area contributed by atoms with Crippen LogP contribution in [0.5, 0.6) is 0 Å². The van der Waals surface area contributed by atoms with Crippen LogP contribution in [0.25, 0.3) is 0 Å². The lowest BCUT2D eigenvalue weighted by Crippen LogP contribution is -2.29. The molecule has 2 N–H and O–H groups in total. The van der Waals surface area contributed by atoms with E-state index in [9.17, 15) is 14.9 Å². The van der Waals surface area contributed by atoms with E-state index in [-0.39, 0.29) is 34.5 Å². The van der Waals surface area contributed by atoms with E-state index in [1.54, 1.807) is 12.1 Å². The van der Waals surface area contributed by atoms with Gasteiger partial charge < -0.3 is 10.6 Å². The predicted octanol–water partition coefficient (Wildman–Crippen LogP) is 5.81. The van der Waals surface area contributed by atoms with Crippen LogP contribution in [0, 0.1) is 16.0 Å². The van der Waals surface area contributed by atoms with Gasteiger partial charge in [0.05, 0.1) is 11.0 Å². The second-order valence-corrected chi connectivity index (χ2v) is 7.95. The van der Waals surface area contributed by atoms with Gasteiger partial charge in [-0.05, 0) is 54.2 Å². The molecule has 2 aromatic rings. The summed E-state index contributed by atoms with van der Waals surface area (Å²) >= 11 is 5.99. The summed E-state index contributed by atoms with van der Waals surface area (Å²) in [6.07, 6.45) is 6.54. The zero-order valence-electron chi connectivity index (χ0n) is 16.0. The van der Waals surface area contributed by atoms with Crippen molar-refractivity contribution in [2.24, 2.45) is 5.92 Å². The van der Waals surface area contributed by atoms with Gasteiger partial charge in [-0.3, -0.25) is 14.9 Å². The number of nitro groups is 1. The number of amides is 1. The summed E-state index contributed by atoms with van der Waals surface area (Å²) < 4.78 is 0. The minimum absolute atomic E-state index is 0.0149. The molecule has 0 spiro atoms. The highest BCUT2D eigenvalue weighted by Crippen LogP contribution is 2.50. The zero-order valence-corrected chi connectivity index (χ0v) is 16.8. The van der Waals surface area contributed by atoms with E-state index in [2.05, 4.69) is 22.8 Å². The largest absolute Gasteiger partial charge is 0.378 e. The maximum atomic E-state index is 12.0. The molecule has 0 bridgehead atoms. The molecule has 1 aliphatic carbocycles. The van der Waals surface area contributed by atoms with Gasteiger partial charge in [0.25, 0.3) is 5.69 Å². The second kappa shape index (κ2) is 7.87. The van der Waals surface area contributed by atoms with Crippen LogP contribution >= 0.6 is 11.6 Å². The van der Waals surface area contributed by atoms with Gasteiger partial charge >= 0.3 is 0 Å². The first-order valence-corrected chi connectivity index (χ1v) is 10.2.